The van der Waals surface area contributed by atoms with E-state index < -0.39 is 0 Å². The topological polar surface area (TPSA) is 64.3 Å². The molecule has 1 atom stereocenters. The number of aromatic nitrogens is 3. The molecule has 0 radical (unpaired) electrons. The number of ether oxygens (including phenoxy) is 1. The lowest BCUT2D eigenvalue weighted by molar-refractivity contribution is 0.00673. The van der Waals surface area contributed by atoms with Crippen molar-refractivity contribution in [3.05, 3.63) is 36.3 Å². The Bertz CT molecular complexity index is 686. The van der Waals surface area contributed by atoms with E-state index in [2.05, 4.69) is 29.2 Å². The predicted molar refractivity (Wildman–Crippen MR) is 95.9 cm³/mol. The normalized spacial score (nSPS) is 17.0. The summed E-state index contributed by atoms with van der Waals surface area (Å²) in [6, 6.07) is 4.17. The van der Waals surface area contributed by atoms with Crippen LogP contribution in [0.2, 0.25) is 0 Å². The van der Waals surface area contributed by atoms with E-state index in [1.54, 1.807) is 10.9 Å². The van der Waals surface area contributed by atoms with E-state index in [1.807, 2.05) is 36.1 Å². The Morgan fingerprint density at radius 1 is 1.28 bits per heavy atom. The van der Waals surface area contributed by atoms with Crippen molar-refractivity contribution in [2.45, 2.75) is 19.9 Å². The van der Waals surface area contributed by atoms with Crippen LogP contribution in [0.4, 0.5) is 0 Å². The quantitative estimate of drug-likeness (QED) is 0.857. The van der Waals surface area contributed by atoms with Crippen molar-refractivity contribution in [1.29, 1.82) is 0 Å². The van der Waals surface area contributed by atoms with Gasteiger partial charge in [-0.3, -0.25) is 14.4 Å². The third-order valence-corrected chi connectivity index (χ3v) is 4.76. The van der Waals surface area contributed by atoms with E-state index in [1.165, 1.54) is 0 Å². The van der Waals surface area contributed by atoms with Crippen LogP contribution in [0.1, 0.15) is 24.2 Å². The van der Waals surface area contributed by atoms with Crippen molar-refractivity contribution in [3.63, 3.8) is 0 Å². The average Bonchev–Trinajstić information content (AvgIpc) is 3.24. The van der Waals surface area contributed by atoms with Gasteiger partial charge in [0.2, 0.25) is 0 Å². The molecule has 0 aromatic carbocycles. The number of nitrogens with one attached hydrogen (secondary N) is 1. The minimum absolute atomic E-state index is 0.0873. The standard InChI is InChI=1S/C18H27N5O2/c1-14(2)16(22-8-10-25-11-9-22)13-19-17(24)15-12-20-21(3)18(15)23-6-4-5-7-23/h4-7,12,14,16H,8-11,13H2,1-3H3,(H,19,24). The fourth-order valence-electron chi connectivity index (χ4n) is 3.36. The lowest BCUT2D eigenvalue weighted by Gasteiger charge is -2.36. The Morgan fingerprint density at radius 2 is 1.96 bits per heavy atom. The van der Waals surface area contributed by atoms with Crippen LogP contribution in [0.3, 0.4) is 0 Å². The van der Waals surface area contributed by atoms with Crippen LogP contribution < -0.4 is 5.32 Å². The molecule has 1 fully saturated rings. The van der Waals surface area contributed by atoms with Gasteiger partial charge in [0.15, 0.2) is 0 Å². The minimum Gasteiger partial charge on any atom is -0.379 e. The van der Waals surface area contributed by atoms with E-state index in [9.17, 15) is 4.79 Å². The second-order valence-electron chi connectivity index (χ2n) is 6.77. The lowest BCUT2D eigenvalue weighted by Crippen LogP contribution is -2.51. The highest BCUT2D eigenvalue weighted by molar-refractivity contribution is 5.97. The Balaban J connectivity index is 1.70. The van der Waals surface area contributed by atoms with Crippen molar-refractivity contribution in [1.82, 2.24) is 24.6 Å². The molecule has 3 heterocycles. The Kier molecular flexibility index (Phi) is 5.55. The first kappa shape index (κ1) is 17.7. The highest BCUT2D eigenvalue weighted by atomic mass is 16.5. The van der Waals surface area contributed by atoms with Gasteiger partial charge in [-0.05, 0) is 18.1 Å². The van der Waals surface area contributed by atoms with E-state index in [-0.39, 0.29) is 5.91 Å². The van der Waals surface area contributed by atoms with Gasteiger partial charge in [0, 0.05) is 45.1 Å². The summed E-state index contributed by atoms with van der Waals surface area (Å²) in [6.45, 7) is 8.37. The summed E-state index contributed by atoms with van der Waals surface area (Å²) >= 11 is 0. The van der Waals surface area contributed by atoms with Crippen LogP contribution in [-0.4, -0.2) is 64.0 Å². The lowest BCUT2D eigenvalue weighted by atomic mass is 10.0. The van der Waals surface area contributed by atoms with Crippen LogP contribution in [-0.2, 0) is 11.8 Å². The molecule has 1 unspecified atom stereocenters. The molecule has 1 N–H and O–H groups in total. The fraction of sp³-hybridized carbons (Fsp3) is 0.556. The summed E-state index contributed by atoms with van der Waals surface area (Å²) in [7, 11) is 1.84. The van der Waals surface area contributed by atoms with E-state index in [0.717, 1.165) is 32.1 Å². The first-order chi connectivity index (χ1) is 12.1. The summed E-state index contributed by atoms with van der Waals surface area (Å²) in [5.74, 6) is 1.14. The minimum atomic E-state index is -0.0873. The molecule has 0 spiro atoms. The molecule has 1 aliphatic heterocycles. The molecule has 0 aliphatic carbocycles. The number of morpholine rings is 1. The van der Waals surface area contributed by atoms with Crippen LogP contribution in [0, 0.1) is 5.92 Å². The molecule has 25 heavy (non-hydrogen) atoms. The average molecular weight is 345 g/mol. The molecular formula is C18H27N5O2. The van der Waals surface area contributed by atoms with Crippen molar-refractivity contribution >= 4 is 5.91 Å². The van der Waals surface area contributed by atoms with E-state index in [0.29, 0.717) is 24.1 Å². The maximum absolute atomic E-state index is 12.8. The highest BCUT2D eigenvalue weighted by Crippen LogP contribution is 2.15. The number of aryl methyl sites for hydroxylation is 1. The second kappa shape index (κ2) is 7.84. The van der Waals surface area contributed by atoms with Gasteiger partial charge in [-0.25, -0.2) is 0 Å². The first-order valence-corrected chi connectivity index (χ1v) is 8.83. The molecular weight excluding hydrogens is 318 g/mol. The monoisotopic (exact) mass is 345 g/mol. The number of amides is 1. The Morgan fingerprint density at radius 3 is 2.60 bits per heavy atom. The van der Waals surface area contributed by atoms with Gasteiger partial charge >= 0.3 is 0 Å². The van der Waals surface area contributed by atoms with Crippen LogP contribution >= 0.6 is 0 Å². The summed E-state index contributed by atoms with van der Waals surface area (Å²) in [5, 5.41) is 7.36. The van der Waals surface area contributed by atoms with Gasteiger partial charge in [-0.2, -0.15) is 5.10 Å². The zero-order chi connectivity index (χ0) is 17.8. The van der Waals surface area contributed by atoms with Gasteiger partial charge in [0.1, 0.15) is 11.4 Å². The summed E-state index contributed by atoms with van der Waals surface area (Å²) in [5.41, 5.74) is 0.586. The molecule has 2 aromatic heterocycles. The van der Waals surface area contributed by atoms with Gasteiger partial charge in [-0.1, -0.05) is 13.8 Å². The maximum Gasteiger partial charge on any atom is 0.256 e. The number of rotatable bonds is 6. The molecule has 7 nitrogen and oxygen atoms in total. The Hall–Kier alpha value is -2.12. The van der Waals surface area contributed by atoms with E-state index >= 15 is 0 Å². The van der Waals surface area contributed by atoms with Crippen molar-refractivity contribution in [3.8, 4) is 5.82 Å². The van der Waals surface area contributed by atoms with E-state index in [4.69, 9.17) is 4.74 Å². The summed E-state index contributed by atoms with van der Waals surface area (Å²) in [4.78, 5) is 15.2. The molecule has 1 saturated heterocycles. The number of hydrogen-bond acceptors (Lipinski definition) is 4. The van der Waals surface area contributed by atoms with Gasteiger partial charge in [-0.15, -0.1) is 0 Å². The van der Waals surface area contributed by atoms with Crippen molar-refractivity contribution < 1.29 is 9.53 Å². The second-order valence-corrected chi connectivity index (χ2v) is 6.77. The largest absolute Gasteiger partial charge is 0.379 e. The van der Waals surface area contributed by atoms with Crippen molar-refractivity contribution in [2.24, 2.45) is 13.0 Å². The molecule has 3 rings (SSSR count). The van der Waals surface area contributed by atoms with Gasteiger partial charge in [0.25, 0.3) is 5.91 Å². The van der Waals surface area contributed by atoms with Gasteiger partial charge < -0.3 is 14.6 Å². The maximum atomic E-state index is 12.8. The molecule has 1 amide bonds. The third-order valence-electron chi connectivity index (χ3n) is 4.76. The number of nitrogens with zero attached hydrogens (tertiary/aromatic N) is 4. The highest BCUT2D eigenvalue weighted by Gasteiger charge is 2.25. The summed E-state index contributed by atoms with van der Waals surface area (Å²) < 4.78 is 9.07. The van der Waals surface area contributed by atoms with Crippen LogP contribution in [0.5, 0.6) is 0 Å². The predicted octanol–water partition coefficient (Wildman–Crippen LogP) is 1.30. The van der Waals surface area contributed by atoms with Crippen LogP contribution in [0.15, 0.2) is 30.7 Å². The molecule has 7 heteroatoms. The Labute approximate surface area is 148 Å². The molecule has 0 bridgehead atoms. The number of carbonyl (C=O) groups is 1. The fourth-order valence-corrected chi connectivity index (χ4v) is 3.36. The molecule has 1 aliphatic rings. The molecule has 2 aromatic rings. The van der Waals surface area contributed by atoms with Crippen LogP contribution in [0.25, 0.3) is 5.82 Å². The third kappa shape index (κ3) is 3.93. The number of hydrogen-bond donors (Lipinski definition) is 1. The smallest absolute Gasteiger partial charge is 0.256 e. The zero-order valence-corrected chi connectivity index (χ0v) is 15.2. The molecule has 136 valence electrons. The first-order valence-electron chi connectivity index (χ1n) is 8.83. The van der Waals surface area contributed by atoms with Gasteiger partial charge in [0.05, 0.1) is 19.4 Å². The zero-order valence-electron chi connectivity index (χ0n) is 15.2. The molecule has 0 saturated carbocycles. The number of carbonyl (C=O) groups excluding carboxylic acids is 1. The van der Waals surface area contributed by atoms with Crippen molar-refractivity contribution in [2.75, 3.05) is 32.8 Å². The SMILES string of the molecule is CC(C)C(CNC(=O)c1cnn(C)c1-n1cccc1)N1CCOCC1. The summed E-state index contributed by atoms with van der Waals surface area (Å²) in [6.07, 6.45) is 5.46.